The molecule has 1 heterocycles. The molecule has 0 spiro atoms. The van der Waals surface area contributed by atoms with Gasteiger partial charge in [-0.25, -0.2) is 9.97 Å². The average molecular weight is 252 g/mol. The molecule has 2 rings (SSSR count). The maximum atomic E-state index is 12.5. The third kappa shape index (κ3) is 2.53. The molecule has 2 aromatic rings. The number of aromatic nitrogens is 2. The molecule has 0 aliphatic carbocycles. The van der Waals surface area contributed by atoms with Crippen LogP contribution in [0.5, 0.6) is 0 Å². The van der Waals surface area contributed by atoms with Crippen LogP contribution in [0.25, 0.3) is 11.4 Å². The highest BCUT2D eigenvalue weighted by atomic mass is 19.4. The van der Waals surface area contributed by atoms with Gasteiger partial charge in [0.15, 0.2) is 5.82 Å². The first-order valence-electron chi connectivity index (χ1n) is 4.96. The summed E-state index contributed by atoms with van der Waals surface area (Å²) in [5, 5.41) is 0. The summed E-state index contributed by atoms with van der Waals surface area (Å²) in [6.45, 7) is 0. The molecule has 6 heteroatoms. The molecule has 0 radical (unpaired) electrons. The zero-order valence-electron chi connectivity index (χ0n) is 8.98. The normalized spacial score (nSPS) is 11.3. The molecule has 1 aromatic carbocycles. The quantitative estimate of drug-likeness (QED) is 0.771. The minimum atomic E-state index is -4.50. The minimum Gasteiger partial charge on any atom is -0.298 e. The lowest BCUT2D eigenvalue weighted by Crippen LogP contribution is -2.08. The number of hydrogen-bond donors (Lipinski definition) is 0. The number of alkyl halides is 3. The monoisotopic (exact) mass is 252 g/mol. The van der Waals surface area contributed by atoms with Gasteiger partial charge in [0, 0.05) is 17.3 Å². The lowest BCUT2D eigenvalue weighted by molar-refractivity contribution is -0.141. The first-order valence-corrected chi connectivity index (χ1v) is 4.96. The van der Waals surface area contributed by atoms with Gasteiger partial charge in [-0.1, -0.05) is 24.3 Å². The maximum Gasteiger partial charge on any atom is 0.433 e. The van der Waals surface area contributed by atoms with Crippen molar-refractivity contribution in [1.82, 2.24) is 9.97 Å². The summed E-state index contributed by atoms with van der Waals surface area (Å²) in [7, 11) is 0. The summed E-state index contributed by atoms with van der Waals surface area (Å²) in [4.78, 5) is 17.7. The van der Waals surface area contributed by atoms with Crippen LogP contribution in [0, 0.1) is 0 Å². The largest absolute Gasteiger partial charge is 0.433 e. The van der Waals surface area contributed by atoms with Crippen LogP contribution < -0.4 is 0 Å². The molecular formula is C12H7F3N2O. The first-order chi connectivity index (χ1) is 8.50. The van der Waals surface area contributed by atoms with Crippen molar-refractivity contribution in [3.63, 3.8) is 0 Å². The van der Waals surface area contributed by atoms with E-state index in [0.717, 1.165) is 12.3 Å². The van der Waals surface area contributed by atoms with Crippen LogP contribution in [0.3, 0.4) is 0 Å². The van der Waals surface area contributed by atoms with Crippen molar-refractivity contribution < 1.29 is 18.0 Å². The van der Waals surface area contributed by atoms with Crippen LogP contribution in [0.4, 0.5) is 13.2 Å². The fourth-order valence-electron chi connectivity index (χ4n) is 1.37. The van der Waals surface area contributed by atoms with Crippen LogP contribution in [-0.4, -0.2) is 16.3 Å². The average Bonchev–Trinajstić information content (AvgIpc) is 2.38. The van der Waals surface area contributed by atoms with E-state index >= 15 is 0 Å². The zero-order valence-corrected chi connectivity index (χ0v) is 8.98. The molecule has 0 aliphatic heterocycles. The highest BCUT2D eigenvalue weighted by Crippen LogP contribution is 2.28. The number of rotatable bonds is 2. The van der Waals surface area contributed by atoms with Crippen molar-refractivity contribution in [3.8, 4) is 11.4 Å². The van der Waals surface area contributed by atoms with E-state index in [-0.39, 0.29) is 5.82 Å². The van der Waals surface area contributed by atoms with E-state index in [0.29, 0.717) is 17.4 Å². The molecule has 0 fully saturated rings. The van der Waals surface area contributed by atoms with Gasteiger partial charge in [-0.3, -0.25) is 4.79 Å². The van der Waals surface area contributed by atoms with Gasteiger partial charge in [0.25, 0.3) is 0 Å². The third-order valence-electron chi connectivity index (χ3n) is 2.25. The predicted octanol–water partition coefficient (Wildman–Crippen LogP) is 2.97. The molecule has 0 saturated heterocycles. The lowest BCUT2D eigenvalue weighted by Gasteiger charge is -2.06. The van der Waals surface area contributed by atoms with Crippen molar-refractivity contribution in [2.45, 2.75) is 6.18 Å². The first kappa shape index (κ1) is 12.2. The second kappa shape index (κ2) is 4.56. The topological polar surface area (TPSA) is 42.9 Å². The smallest absolute Gasteiger partial charge is 0.298 e. The second-order valence-electron chi connectivity index (χ2n) is 3.50. The number of nitrogens with zero attached hydrogens (tertiary/aromatic N) is 2. The lowest BCUT2D eigenvalue weighted by atomic mass is 10.1. The second-order valence-corrected chi connectivity index (χ2v) is 3.50. The Labute approximate surface area is 100 Å². The van der Waals surface area contributed by atoms with Crippen molar-refractivity contribution in [3.05, 3.63) is 47.8 Å². The molecule has 1 aromatic heterocycles. The SMILES string of the molecule is O=Cc1ccc(-c2nccc(C(F)(F)F)n2)cc1. The number of aldehydes is 1. The molecule has 0 aliphatic rings. The highest BCUT2D eigenvalue weighted by Gasteiger charge is 2.32. The van der Waals surface area contributed by atoms with Gasteiger partial charge < -0.3 is 0 Å². The van der Waals surface area contributed by atoms with E-state index in [1.165, 1.54) is 24.3 Å². The van der Waals surface area contributed by atoms with Crippen molar-refractivity contribution in [1.29, 1.82) is 0 Å². The molecule has 0 bridgehead atoms. The van der Waals surface area contributed by atoms with E-state index in [4.69, 9.17) is 0 Å². The van der Waals surface area contributed by atoms with Crippen LogP contribution in [0.1, 0.15) is 16.1 Å². The molecule has 92 valence electrons. The van der Waals surface area contributed by atoms with E-state index in [9.17, 15) is 18.0 Å². The van der Waals surface area contributed by atoms with Gasteiger partial charge in [-0.2, -0.15) is 13.2 Å². The fraction of sp³-hybridized carbons (Fsp3) is 0.0833. The predicted molar refractivity (Wildman–Crippen MR) is 57.9 cm³/mol. The summed E-state index contributed by atoms with van der Waals surface area (Å²) in [6, 6.07) is 6.79. The van der Waals surface area contributed by atoms with Gasteiger partial charge in [0.1, 0.15) is 12.0 Å². The van der Waals surface area contributed by atoms with Gasteiger partial charge in [0.05, 0.1) is 0 Å². The molecule has 0 saturated carbocycles. The third-order valence-corrected chi connectivity index (χ3v) is 2.25. The summed E-state index contributed by atoms with van der Waals surface area (Å²) < 4.78 is 37.4. The Kier molecular flexibility index (Phi) is 3.10. The van der Waals surface area contributed by atoms with E-state index in [1.54, 1.807) is 0 Å². The summed E-state index contributed by atoms with van der Waals surface area (Å²) in [5.74, 6) is -0.0257. The molecule has 0 unspecified atom stereocenters. The Morgan fingerprint density at radius 3 is 2.28 bits per heavy atom. The van der Waals surface area contributed by atoms with Gasteiger partial charge in [0.2, 0.25) is 0 Å². The van der Waals surface area contributed by atoms with Crippen LogP contribution in [-0.2, 0) is 6.18 Å². The molecule has 18 heavy (non-hydrogen) atoms. The van der Waals surface area contributed by atoms with E-state index in [2.05, 4.69) is 9.97 Å². The number of benzene rings is 1. The standard InChI is InChI=1S/C12H7F3N2O/c13-12(14,15)10-5-6-16-11(17-10)9-3-1-8(7-18)2-4-9/h1-7H. The molecule has 0 amide bonds. The van der Waals surface area contributed by atoms with Gasteiger partial charge in [-0.05, 0) is 6.07 Å². The van der Waals surface area contributed by atoms with Gasteiger partial charge in [-0.15, -0.1) is 0 Å². The van der Waals surface area contributed by atoms with E-state index < -0.39 is 11.9 Å². The van der Waals surface area contributed by atoms with Crippen molar-refractivity contribution >= 4 is 6.29 Å². The van der Waals surface area contributed by atoms with E-state index in [1.807, 2.05) is 0 Å². The molecule has 3 nitrogen and oxygen atoms in total. The zero-order chi connectivity index (χ0) is 13.2. The Hall–Kier alpha value is -2.24. The summed E-state index contributed by atoms with van der Waals surface area (Å²) in [6.07, 6.45) is -2.80. The van der Waals surface area contributed by atoms with Crippen LogP contribution in [0.2, 0.25) is 0 Å². The van der Waals surface area contributed by atoms with Crippen molar-refractivity contribution in [2.24, 2.45) is 0 Å². The Morgan fingerprint density at radius 1 is 1.06 bits per heavy atom. The number of halogens is 3. The fourth-order valence-corrected chi connectivity index (χ4v) is 1.37. The number of hydrogen-bond acceptors (Lipinski definition) is 3. The maximum absolute atomic E-state index is 12.5. The Balaban J connectivity index is 2.41. The summed E-state index contributed by atoms with van der Waals surface area (Å²) >= 11 is 0. The molecule has 0 atom stereocenters. The Morgan fingerprint density at radius 2 is 1.72 bits per heavy atom. The van der Waals surface area contributed by atoms with Crippen LogP contribution in [0.15, 0.2) is 36.5 Å². The minimum absolute atomic E-state index is 0.0257. The number of carbonyl (C=O) groups excluding carboxylic acids is 1. The highest BCUT2D eigenvalue weighted by molar-refractivity contribution is 5.76. The van der Waals surface area contributed by atoms with Crippen molar-refractivity contribution in [2.75, 3.05) is 0 Å². The number of carbonyl (C=O) groups is 1. The van der Waals surface area contributed by atoms with Gasteiger partial charge >= 0.3 is 6.18 Å². The molecule has 0 N–H and O–H groups in total. The Bertz CT molecular complexity index is 564. The van der Waals surface area contributed by atoms with Crippen LogP contribution >= 0.6 is 0 Å². The molecular weight excluding hydrogens is 245 g/mol. The summed E-state index contributed by atoms with van der Waals surface area (Å²) in [5.41, 5.74) is -0.135.